The minimum absolute atomic E-state index is 0. The average molecular weight is 430 g/mol. The number of rotatable bonds is 3. The number of guanidine groups is 1. The maximum absolute atomic E-state index is 5.29. The van der Waals surface area contributed by atoms with Crippen LogP contribution in [0.1, 0.15) is 25.6 Å². The molecule has 2 aromatic rings. The summed E-state index contributed by atoms with van der Waals surface area (Å²) in [5.74, 6) is 3.72. The number of piperidine rings is 1. The minimum Gasteiger partial charge on any atom is -0.461 e. The van der Waals surface area contributed by atoms with Crippen LogP contribution in [0.5, 0.6) is 0 Å². The van der Waals surface area contributed by atoms with Gasteiger partial charge in [-0.1, -0.05) is 6.92 Å². The Morgan fingerprint density at radius 3 is 2.91 bits per heavy atom. The zero-order chi connectivity index (χ0) is 15.4. The van der Waals surface area contributed by atoms with E-state index in [1.165, 1.54) is 12.8 Å². The van der Waals surface area contributed by atoms with Crippen molar-refractivity contribution in [3.63, 3.8) is 0 Å². The molecule has 0 saturated carbocycles. The summed E-state index contributed by atoms with van der Waals surface area (Å²) >= 11 is 0. The Labute approximate surface area is 153 Å². The highest BCUT2D eigenvalue weighted by atomic mass is 127. The van der Waals surface area contributed by atoms with Crippen molar-refractivity contribution in [1.82, 2.24) is 25.4 Å². The molecule has 0 atom stereocenters. The molecule has 1 aliphatic rings. The topological polar surface area (TPSA) is 82.3 Å². The van der Waals surface area contributed by atoms with E-state index in [1.54, 1.807) is 6.26 Å². The second-order valence-electron chi connectivity index (χ2n) is 5.65. The van der Waals surface area contributed by atoms with Gasteiger partial charge in [0.15, 0.2) is 11.7 Å². The first kappa shape index (κ1) is 17.8. The molecule has 1 aliphatic heterocycles. The molecule has 2 N–H and O–H groups in total. The molecule has 7 nitrogen and oxygen atoms in total. The van der Waals surface area contributed by atoms with E-state index in [2.05, 4.69) is 37.3 Å². The lowest BCUT2D eigenvalue weighted by Gasteiger charge is -2.32. The Bertz CT molecular complexity index is 616. The van der Waals surface area contributed by atoms with Gasteiger partial charge in [0.1, 0.15) is 5.82 Å². The fourth-order valence-electron chi connectivity index (χ4n) is 2.61. The number of aromatic amines is 1. The summed E-state index contributed by atoms with van der Waals surface area (Å²) in [7, 11) is 1.81. The number of aromatic nitrogens is 3. The predicted molar refractivity (Wildman–Crippen MR) is 99.7 cm³/mol. The van der Waals surface area contributed by atoms with Crippen LogP contribution in [-0.4, -0.2) is 46.2 Å². The van der Waals surface area contributed by atoms with Gasteiger partial charge in [-0.3, -0.25) is 10.1 Å². The van der Waals surface area contributed by atoms with Crippen molar-refractivity contribution in [2.75, 3.05) is 20.1 Å². The van der Waals surface area contributed by atoms with E-state index in [0.29, 0.717) is 18.1 Å². The maximum Gasteiger partial charge on any atom is 0.216 e. The van der Waals surface area contributed by atoms with Crippen LogP contribution in [0.4, 0.5) is 0 Å². The Morgan fingerprint density at radius 1 is 1.48 bits per heavy atom. The van der Waals surface area contributed by atoms with Crippen LogP contribution in [0.15, 0.2) is 27.8 Å². The number of nitrogens with zero attached hydrogens (tertiary/aromatic N) is 4. The van der Waals surface area contributed by atoms with Crippen molar-refractivity contribution < 1.29 is 4.42 Å². The van der Waals surface area contributed by atoms with E-state index in [0.717, 1.165) is 30.8 Å². The Balaban J connectivity index is 0.00000192. The molecule has 0 spiro atoms. The van der Waals surface area contributed by atoms with Gasteiger partial charge < -0.3 is 14.6 Å². The van der Waals surface area contributed by atoms with Crippen LogP contribution < -0.4 is 5.32 Å². The molecule has 8 heteroatoms. The second-order valence-corrected chi connectivity index (χ2v) is 5.65. The van der Waals surface area contributed by atoms with Crippen LogP contribution >= 0.6 is 24.0 Å². The summed E-state index contributed by atoms with van der Waals surface area (Å²) in [5, 5.41) is 10.4. The molecule has 0 amide bonds. The molecule has 1 fully saturated rings. The lowest BCUT2D eigenvalue weighted by Crippen LogP contribution is -2.45. The summed E-state index contributed by atoms with van der Waals surface area (Å²) in [6.07, 6.45) is 4.04. The average Bonchev–Trinajstić information content (AvgIpc) is 3.20. The first-order valence-electron chi connectivity index (χ1n) is 7.67. The Morgan fingerprint density at radius 2 is 2.26 bits per heavy atom. The Hall–Kier alpha value is -1.58. The number of aliphatic imine (C=N–C) groups is 1. The molecule has 23 heavy (non-hydrogen) atoms. The van der Waals surface area contributed by atoms with Crippen LogP contribution in [-0.2, 0) is 6.54 Å². The number of halogens is 1. The van der Waals surface area contributed by atoms with Gasteiger partial charge in [-0.2, -0.15) is 0 Å². The molecule has 0 aromatic carbocycles. The first-order valence-corrected chi connectivity index (χ1v) is 7.67. The zero-order valence-corrected chi connectivity index (χ0v) is 15.8. The number of furan rings is 1. The number of H-pyrrole nitrogens is 1. The number of nitrogens with one attached hydrogen (secondary N) is 2. The van der Waals surface area contributed by atoms with Gasteiger partial charge in [0, 0.05) is 20.1 Å². The van der Waals surface area contributed by atoms with Crippen LogP contribution in [0.25, 0.3) is 11.6 Å². The lowest BCUT2D eigenvalue weighted by atomic mass is 10.00. The fourth-order valence-corrected chi connectivity index (χ4v) is 2.61. The van der Waals surface area contributed by atoms with Crippen LogP contribution in [0.2, 0.25) is 0 Å². The second kappa shape index (κ2) is 8.32. The molecule has 126 valence electrons. The van der Waals surface area contributed by atoms with Gasteiger partial charge in [-0.25, -0.2) is 4.98 Å². The highest BCUT2D eigenvalue weighted by molar-refractivity contribution is 14.0. The largest absolute Gasteiger partial charge is 0.461 e. The molecular formula is C15H23IN6O. The Kier molecular flexibility index (Phi) is 6.43. The molecule has 0 unspecified atom stereocenters. The summed E-state index contributed by atoms with van der Waals surface area (Å²) in [6.45, 7) is 4.97. The van der Waals surface area contributed by atoms with Crippen molar-refractivity contribution in [2.24, 2.45) is 10.9 Å². The van der Waals surface area contributed by atoms with Crippen LogP contribution in [0, 0.1) is 5.92 Å². The SMILES string of the molecule is CN=C(NCc1nc(-c2ccco2)n[nH]1)N1CCC(C)CC1.I. The van der Waals surface area contributed by atoms with E-state index < -0.39 is 0 Å². The van der Waals surface area contributed by atoms with Gasteiger partial charge in [0.2, 0.25) is 5.82 Å². The van der Waals surface area contributed by atoms with Gasteiger partial charge in [-0.05, 0) is 30.9 Å². The standard InChI is InChI=1S/C15H22N6O.HI/c1-11-5-7-21(8-6-11)15(16-2)17-10-13-18-14(20-19-13)12-4-3-9-22-12;/h3-4,9,11H,5-8,10H2,1-2H3,(H,16,17)(H,18,19,20);1H. The van der Waals surface area contributed by atoms with E-state index in [-0.39, 0.29) is 24.0 Å². The maximum atomic E-state index is 5.29. The number of likely N-dealkylation sites (tertiary alicyclic amines) is 1. The number of hydrogen-bond acceptors (Lipinski definition) is 4. The van der Waals surface area contributed by atoms with Gasteiger partial charge in [0.05, 0.1) is 12.8 Å². The summed E-state index contributed by atoms with van der Waals surface area (Å²) in [4.78, 5) is 11.1. The molecule has 1 saturated heterocycles. The third kappa shape index (κ3) is 4.46. The van der Waals surface area contributed by atoms with Gasteiger partial charge in [0.25, 0.3) is 0 Å². The van der Waals surface area contributed by atoms with Gasteiger partial charge in [-0.15, -0.1) is 29.1 Å². The quantitative estimate of drug-likeness (QED) is 0.444. The zero-order valence-electron chi connectivity index (χ0n) is 13.5. The molecule has 0 radical (unpaired) electrons. The monoisotopic (exact) mass is 430 g/mol. The smallest absolute Gasteiger partial charge is 0.216 e. The van der Waals surface area contributed by atoms with Crippen molar-refractivity contribution in [1.29, 1.82) is 0 Å². The molecular weight excluding hydrogens is 407 g/mol. The molecule has 3 rings (SSSR count). The third-order valence-electron chi connectivity index (χ3n) is 3.98. The lowest BCUT2D eigenvalue weighted by molar-refractivity contribution is 0.273. The minimum atomic E-state index is 0. The molecule has 0 aliphatic carbocycles. The fraction of sp³-hybridized carbons (Fsp3) is 0.533. The molecule has 2 aromatic heterocycles. The van der Waals surface area contributed by atoms with E-state index in [9.17, 15) is 0 Å². The van der Waals surface area contributed by atoms with Crippen molar-refractivity contribution in [3.8, 4) is 11.6 Å². The summed E-state index contributed by atoms with van der Waals surface area (Å²) in [5.41, 5.74) is 0. The van der Waals surface area contributed by atoms with E-state index >= 15 is 0 Å². The summed E-state index contributed by atoms with van der Waals surface area (Å²) < 4.78 is 5.29. The molecule has 0 bridgehead atoms. The first-order chi connectivity index (χ1) is 10.8. The third-order valence-corrected chi connectivity index (χ3v) is 3.98. The predicted octanol–water partition coefficient (Wildman–Crippen LogP) is 2.49. The summed E-state index contributed by atoms with van der Waals surface area (Å²) in [6, 6.07) is 3.66. The highest BCUT2D eigenvalue weighted by Gasteiger charge is 2.18. The highest BCUT2D eigenvalue weighted by Crippen LogP contribution is 2.16. The van der Waals surface area contributed by atoms with Gasteiger partial charge >= 0.3 is 0 Å². The van der Waals surface area contributed by atoms with E-state index in [4.69, 9.17) is 4.42 Å². The van der Waals surface area contributed by atoms with Crippen molar-refractivity contribution in [2.45, 2.75) is 26.3 Å². The normalized spacial score (nSPS) is 16.3. The van der Waals surface area contributed by atoms with E-state index in [1.807, 2.05) is 19.2 Å². The van der Waals surface area contributed by atoms with Crippen LogP contribution in [0.3, 0.4) is 0 Å². The molecule has 3 heterocycles. The van der Waals surface area contributed by atoms with Crippen molar-refractivity contribution in [3.05, 3.63) is 24.2 Å². The van der Waals surface area contributed by atoms with Crippen molar-refractivity contribution >= 4 is 29.9 Å². The number of hydrogen-bond donors (Lipinski definition) is 2.